The molecule has 0 saturated heterocycles. The van der Waals surface area contributed by atoms with Crippen LogP contribution in [-0.4, -0.2) is 11.1 Å². The minimum Gasteiger partial charge on any atom is -0.465 e. The van der Waals surface area contributed by atoms with Crippen molar-refractivity contribution >= 4 is 11.7 Å². The molecule has 1 aliphatic rings. The molecule has 21 heavy (non-hydrogen) atoms. The predicted molar refractivity (Wildman–Crippen MR) is 77.7 cm³/mol. The molecule has 1 heterocycles. The molecule has 1 unspecified atom stereocenters. The fraction of sp³-hybridized carbons (Fsp3) is 0.235. The molecule has 4 nitrogen and oxygen atoms in total. The molecule has 1 aromatic carbocycles. The molecule has 0 amide bonds. The lowest BCUT2D eigenvalue weighted by molar-refractivity contribution is 0.0689. The lowest BCUT2D eigenvalue weighted by Crippen LogP contribution is -2.06. The first kappa shape index (κ1) is 13.6. The Bertz CT molecular complexity index is 752. The Morgan fingerprint density at radius 2 is 1.90 bits per heavy atom. The molecule has 0 spiro atoms. The second-order valence-corrected chi connectivity index (χ2v) is 5.17. The first-order valence-corrected chi connectivity index (χ1v) is 6.77. The van der Waals surface area contributed by atoms with Gasteiger partial charge in [0.25, 0.3) is 0 Å². The minimum atomic E-state index is -0.739. The molecule has 1 N–H and O–H groups in total. The van der Waals surface area contributed by atoms with Gasteiger partial charge in [-0.25, -0.2) is 4.79 Å². The van der Waals surface area contributed by atoms with Crippen molar-refractivity contribution < 1.29 is 19.1 Å². The van der Waals surface area contributed by atoms with Crippen molar-refractivity contribution in [2.45, 2.75) is 26.9 Å². The Labute approximate surface area is 122 Å². The number of benzene rings is 1. The summed E-state index contributed by atoms with van der Waals surface area (Å²) in [5, 5.41) is 9.96. The molecular formula is C17H16O4. The molecule has 3 rings (SSSR count). The van der Waals surface area contributed by atoms with Gasteiger partial charge in [0.05, 0.1) is 0 Å². The molecule has 1 atom stereocenters. The van der Waals surface area contributed by atoms with Gasteiger partial charge in [-0.05, 0) is 32.4 Å². The smallest absolute Gasteiger partial charge is 0.347 e. The Hall–Kier alpha value is -2.33. The van der Waals surface area contributed by atoms with E-state index >= 15 is 0 Å². The summed E-state index contributed by atoms with van der Waals surface area (Å²) >= 11 is 0. The van der Waals surface area contributed by atoms with E-state index < -0.39 is 12.1 Å². The highest BCUT2D eigenvalue weighted by Gasteiger charge is 2.27. The van der Waals surface area contributed by atoms with Gasteiger partial charge >= 0.3 is 5.97 Å². The first-order chi connectivity index (χ1) is 9.99. The number of furan rings is 1. The molecule has 0 fully saturated rings. The van der Waals surface area contributed by atoms with Gasteiger partial charge in [0.1, 0.15) is 28.9 Å². The highest BCUT2D eigenvalue weighted by atomic mass is 16.5. The Morgan fingerprint density at radius 1 is 1.19 bits per heavy atom. The highest BCUT2D eigenvalue weighted by molar-refractivity contribution is 5.96. The quantitative estimate of drug-likeness (QED) is 0.858. The third-order valence-electron chi connectivity index (χ3n) is 3.82. The zero-order valence-electron chi connectivity index (χ0n) is 12.1. The van der Waals surface area contributed by atoms with Crippen molar-refractivity contribution in [3.8, 4) is 0 Å². The summed E-state index contributed by atoms with van der Waals surface area (Å²) in [6.45, 7) is 5.38. The van der Waals surface area contributed by atoms with E-state index in [0.29, 0.717) is 22.8 Å². The van der Waals surface area contributed by atoms with E-state index in [1.165, 1.54) is 0 Å². The van der Waals surface area contributed by atoms with Gasteiger partial charge < -0.3 is 14.3 Å². The van der Waals surface area contributed by atoms with E-state index in [1.807, 2.05) is 38.1 Å². The van der Waals surface area contributed by atoms with Crippen molar-refractivity contribution in [3.05, 3.63) is 64.1 Å². The maximum absolute atomic E-state index is 12.4. The molecule has 0 radical (unpaired) electrons. The first-order valence-electron chi connectivity index (χ1n) is 6.77. The van der Waals surface area contributed by atoms with Crippen LogP contribution in [0.1, 0.15) is 44.7 Å². The molecule has 2 aromatic rings. The molecule has 1 aromatic heterocycles. The maximum atomic E-state index is 12.4. The summed E-state index contributed by atoms with van der Waals surface area (Å²) in [5.74, 6) is 1.18. The van der Waals surface area contributed by atoms with Gasteiger partial charge in [0.2, 0.25) is 0 Å². The fourth-order valence-corrected chi connectivity index (χ4v) is 2.64. The zero-order chi connectivity index (χ0) is 15.1. The van der Waals surface area contributed by atoms with Gasteiger partial charge in [-0.3, -0.25) is 0 Å². The summed E-state index contributed by atoms with van der Waals surface area (Å²) in [6.07, 6.45) is 0.803. The van der Waals surface area contributed by atoms with E-state index in [4.69, 9.17) is 9.15 Å². The number of aryl methyl sites for hydroxylation is 2. The van der Waals surface area contributed by atoms with Crippen LogP contribution >= 0.6 is 0 Å². The monoisotopic (exact) mass is 284 g/mol. The van der Waals surface area contributed by atoms with Gasteiger partial charge in [-0.1, -0.05) is 24.3 Å². The van der Waals surface area contributed by atoms with Crippen LogP contribution in [0.2, 0.25) is 0 Å². The van der Waals surface area contributed by atoms with E-state index in [2.05, 4.69) is 0 Å². The van der Waals surface area contributed by atoms with Gasteiger partial charge in [-0.2, -0.15) is 0 Å². The van der Waals surface area contributed by atoms with Gasteiger partial charge in [-0.15, -0.1) is 0 Å². The molecule has 1 aliphatic carbocycles. The Morgan fingerprint density at radius 3 is 2.57 bits per heavy atom. The molecule has 0 aliphatic heterocycles. The summed E-state index contributed by atoms with van der Waals surface area (Å²) in [5.41, 5.74) is 2.73. The van der Waals surface area contributed by atoms with Crippen molar-refractivity contribution in [2.75, 3.05) is 0 Å². The lowest BCUT2D eigenvalue weighted by atomic mass is 10.1. The molecule has 108 valence electrons. The Kier molecular flexibility index (Phi) is 3.18. The number of hydrogen-bond acceptors (Lipinski definition) is 4. The number of hydrogen-bond donors (Lipinski definition) is 1. The second kappa shape index (κ2) is 4.90. The lowest BCUT2D eigenvalue weighted by Gasteiger charge is -2.07. The van der Waals surface area contributed by atoms with E-state index in [1.54, 1.807) is 13.0 Å². The normalized spacial score (nSPS) is 16.6. The number of ether oxygens (including phenoxy) is 1. The average Bonchev–Trinajstić information content (AvgIpc) is 2.89. The van der Waals surface area contributed by atoms with E-state index in [-0.39, 0.29) is 0 Å². The summed E-state index contributed by atoms with van der Waals surface area (Å²) < 4.78 is 10.9. The molecular weight excluding hydrogens is 268 g/mol. The van der Waals surface area contributed by atoms with Crippen molar-refractivity contribution in [1.29, 1.82) is 0 Å². The summed E-state index contributed by atoms with van der Waals surface area (Å²) in [4.78, 5) is 12.4. The summed E-state index contributed by atoms with van der Waals surface area (Å²) in [7, 11) is 0. The number of aliphatic hydroxyl groups is 1. The van der Waals surface area contributed by atoms with Crippen molar-refractivity contribution in [3.63, 3.8) is 0 Å². The number of aliphatic hydroxyl groups excluding tert-OH is 1. The zero-order valence-corrected chi connectivity index (χ0v) is 12.1. The predicted octanol–water partition coefficient (Wildman–Crippen LogP) is 3.45. The minimum absolute atomic E-state index is 0.390. The molecule has 0 bridgehead atoms. The van der Waals surface area contributed by atoms with E-state index in [9.17, 15) is 9.90 Å². The van der Waals surface area contributed by atoms with Crippen LogP contribution in [0.25, 0.3) is 5.76 Å². The second-order valence-electron chi connectivity index (χ2n) is 5.17. The van der Waals surface area contributed by atoms with Gasteiger partial charge in [0, 0.05) is 11.1 Å². The highest BCUT2D eigenvalue weighted by Crippen LogP contribution is 2.35. The standard InChI is InChI=1S/C17H16O4/c1-9-10(2)20-11(3)16(9)17(19)21-15-8-14(18)12-6-4-5-7-13(12)15/h4-8,14,18H,1-3H3. The van der Waals surface area contributed by atoms with Crippen LogP contribution in [0.5, 0.6) is 0 Å². The fourth-order valence-electron chi connectivity index (χ4n) is 2.64. The van der Waals surface area contributed by atoms with Crippen molar-refractivity contribution in [2.24, 2.45) is 0 Å². The number of fused-ring (bicyclic) bond motifs is 1. The maximum Gasteiger partial charge on any atom is 0.347 e. The third kappa shape index (κ3) is 2.17. The van der Waals surface area contributed by atoms with E-state index in [0.717, 1.165) is 16.7 Å². The number of carbonyl (C=O) groups is 1. The third-order valence-corrected chi connectivity index (χ3v) is 3.82. The van der Waals surface area contributed by atoms with Crippen LogP contribution in [-0.2, 0) is 4.74 Å². The summed E-state index contributed by atoms with van der Waals surface area (Å²) in [6, 6.07) is 7.33. The van der Waals surface area contributed by atoms with Crippen LogP contribution in [0.4, 0.5) is 0 Å². The topological polar surface area (TPSA) is 59.7 Å². The van der Waals surface area contributed by atoms with Gasteiger partial charge in [0.15, 0.2) is 0 Å². The van der Waals surface area contributed by atoms with Crippen LogP contribution in [0.15, 0.2) is 34.8 Å². The average molecular weight is 284 g/mol. The SMILES string of the molecule is Cc1oc(C)c(C(=O)OC2=CC(O)c3ccccc32)c1C. The van der Waals surface area contributed by atoms with Crippen LogP contribution < -0.4 is 0 Å². The Balaban J connectivity index is 1.92. The number of carbonyl (C=O) groups excluding carboxylic acids is 1. The molecule has 4 heteroatoms. The number of esters is 1. The van der Waals surface area contributed by atoms with Crippen LogP contribution in [0.3, 0.4) is 0 Å². The molecule has 0 saturated carbocycles. The van der Waals surface area contributed by atoms with Crippen LogP contribution in [0, 0.1) is 20.8 Å². The number of rotatable bonds is 2. The van der Waals surface area contributed by atoms with Crippen molar-refractivity contribution in [1.82, 2.24) is 0 Å². The largest absolute Gasteiger partial charge is 0.465 e.